The molecule has 8 nitrogen and oxygen atoms in total. The summed E-state index contributed by atoms with van der Waals surface area (Å²) in [4.78, 5) is 25.7. The van der Waals surface area contributed by atoms with Gasteiger partial charge in [-0.25, -0.2) is 4.79 Å². The predicted octanol–water partition coefficient (Wildman–Crippen LogP) is 6.91. The number of unbranched alkanes of at least 4 members (excludes halogenated alkanes) is 2. The number of amides is 3. The van der Waals surface area contributed by atoms with Gasteiger partial charge < -0.3 is 30.2 Å². The summed E-state index contributed by atoms with van der Waals surface area (Å²) < 4.78 is 16.7. The zero-order valence-electron chi connectivity index (χ0n) is 25.8. The fraction of sp³-hybridized carbons (Fsp3) is 0.562. The van der Waals surface area contributed by atoms with Crippen LogP contribution in [0.15, 0.2) is 30.3 Å². The second-order valence-corrected chi connectivity index (χ2v) is 11.5. The highest BCUT2D eigenvalue weighted by atomic mass is 16.5. The number of urea groups is 1. The summed E-state index contributed by atoms with van der Waals surface area (Å²) in [5, 5.41) is 8.91. The van der Waals surface area contributed by atoms with Crippen LogP contribution >= 0.6 is 0 Å². The van der Waals surface area contributed by atoms with Crippen LogP contribution in [0.5, 0.6) is 17.2 Å². The molecule has 3 N–H and O–H groups in total. The molecule has 8 heteroatoms. The summed E-state index contributed by atoms with van der Waals surface area (Å²) in [7, 11) is 4.83. The van der Waals surface area contributed by atoms with Crippen LogP contribution in [0.1, 0.15) is 96.3 Å². The van der Waals surface area contributed by atoms with Crippen molar-refractivity contribution in [3.8, 4) is 17.2 Å². The zero-order chi connectivity index (χ0) is 29.9. The van der Waals surface area contributed by atoms with Crippen molar-refractivity contribution in [3.63, 3.8) is 0 Å². The number of nitrogens with one attached hydrogen (secondary N) is 3. The van der Waals surface area contributed by atoms with Gasteiger partial charge in [0.15, 0.2) is 11.5 Å². The Morgan fingerprint density at radius 1 is 0.900 bits per heavy atom. The van der Waals surface area contributed by atoms with Gasteiger partial charge in [-0.1, -0.05) is 59.1 Å². The monoisotopic (exact) mass is 555 g/mol. The largest absolute Gasteiger partial charge is 0.496 e. The molecule has 0 radical (unpaired) electrons. The SMILES string of the molecule is CCCCCC(CC(=O)Nc1cc(CNC(=O)NC(C)C)ccc1C(C)(C)C)c1cc(OC)c(OC)cc1OC. The average molecular weight is 556 g/mol. The van der Waals surface area contributed by atoms with Gasteiger partial charge in [-0.3, -0.25) is 4.79 Å². The van der Waals surface area contributed by atoms with Crippen LogP contribution in [0.25, 0.3) is 0 Å². The van der Waals surface area contributed by atoms with E-state index in [0.717, 1.165) is 48.1 Å². The second kappa shape index (κ2) is 15.4. The van der Waals surface area contributed by atoms with Crippen LogP contribution in [0.4, 0.5) is 10.5 Å². The van der Waals surface area contributed by atoms with Gasteiger partial charge in [0.05, 0.1) is 21.3 Å². The van der Waals surface area contributed by atoms with Gasteiger partial charge in [-0.15, -0.1) is 0 Å². The van der Waals surface area contributed by atoms with E-state index >= 15 is 0 Å². The van der Waals surface area contributed by atoms with Crippen molar-refractivity contribution in [1.82, 2.24) is 10.6 Å². The maximum absolute atomic E-state index is 13.6. The Bertz CT molecular complexity index is 1120. The molecule has 0 aliphatic carbocycles. The van der Waals surface area contributed by atoms with Gasteiger partial charge in [0.25, 0.3) is 0 Å². The molecule has 1 atom stereocenters. The lowest BCUT2D eigenvalue weighted by Gasteiger charge is -2.25. The average Bonchev–Trinajstić information content (AvgIpc) is 2.89. The third-order valence-electron chi connectivity index (χ3n) is 6.80. The molecule has 0 aliphatic heterocycles. The van der Waals surface area contributed by atoms with Gasteiger partial charge in [0.2, 0.25) is 5.91 Å². The van der Waals surface area contributed by atoms with Crippen molar-refractivity contribution in [1.29, 1.82) is 0 Å². The number of rotatable bonds is 14. The highest BCUT2D eigenvalue weighted by Gasteiger charge is 2.25. The number of hydrogen-bond donors (Lipinski definition) is 3. The molecule has 40 heavy (non-hydrogen) atoms. The minimum atomic E-state index is -0.223. The van der Waals surface area contributed by atoms with Crippen LogP contribution in [-0.4, -0.2) is 39.3 Å². The number of carbonyl (C=O) groups excluding carboxylic acids is 2. The van der Waals surface area contributed by atoms with E-state index in [0.29, 0.717) is 30.2 Å². The molecule has 0 aliphatic rings. The number of methoxy groups -OCH3 is 3. The van der Waals surface area contributed by atoms with E-state index in [1.807, 2.05) is 44.2 Å². The molecule has 2 aromatic rings. The van der Waals surface area contributed by atoms with Crippen LogP contribution in [0.2, 0.25) is 0 Å². The molecule has 0 aromatic heterocycles. The summed E-state index contributed by atoms with van der Waals surface area (Å²) in [6.45, 7) is 12.7. The maximum atomic E-state index is 13.6. The van der Waals surface area contributed by atoms with Gasteiger partial charge in [-0.05, 0) is 54.9 Å². The van der Waals surface area contributed by atoms with Crippen molar-refractivity contribution in [2.24, 2.45) is 0 Å². The van der Waals surface area contributed by atoms with Crippen molar-refractivity contribution in [2.75, 3.05) is 26.6 Å². The van der Waals surface area contributed by atoms with E-state index in [-0.39, 0.29) is 29.3 Å². The van der Waals surface area contributed by atoms with E-state index in [2.05, 4.69) is 43.6 Å². The van der Waals surface area contributed by atoms with Gasteiger partial charge >= 0.3 is 6.03 Å². The number of anilines is 1. The van der Waals surface area contributed by atoms with E-state index < -0.39 is 0 Å². The first-order chi connectivity index (χ1) is 18.9. The molecule has 2 aromatic carbocycles. The number of hydrogen-bond acceptors (Lipinski definition) is 5. The highest BCUT2D eigenvalue weighted by molar-refractivity contribution is 5.92. The van der Waals surface area contributed by atoms with E-state index in [1.165, 1.54) is 0 Å². The fourth-order valence-electron chi connectivity index (χ4n) is 4.76. The summed E-state index contributed by atoms with van der Waals surface area (Å²) in [6.07, 6.45) is 4.31. The smallest absolute Gasteiger partial charge is 0.315 e. The lowest BCUT2D eigenvalue weighted by molar-refractivity contribution is -0.116. The Morgan fingerprint density at radius 2 is 1.55 bits per heavy atom. The molecule has 0 saturated heterocycles. The predicted molar refractivity (Wildman–Crippen MR) is 162 cm³/mol. The van der Waals surface area contributed by atoms with Gasteiger partial charge in [0.1, 0.15) is 5.75 Å². The molecule has 0 spiro atoms. The topological polar surface area (TPSA) is 97.9 Å². The second-order valence-electron chi connectivity index (χ2n) is 11.5. The molecular formula is C32H49N3O5. The minimum absolute atomic E-state index is 0.0488. The summed E-state index contributed by atoms with van der Waals surface area (Å²) in [6, 6.07) is 9.56. The van der Waals surface area contributed by atoms with Crippen LogP contribution in [-0.2, 0) is 16.8 Å². The molecule has 1 unspecified atom stereocenters. The minimum Gasteiger partial charge on any atom is -0.496 e. The molecule has 2 rings (SSSR count). The standard InChI is InChI=1S/C32H49N3O5/c1-10-11-12-13-23(24-18-28(39-8)29(40-9)19-27(24)38-7)17-30(36)35-26-16-22(14-15-25(26)32(4,5)6)20-33-31(37)34-21(2)3/h14-16,18-19,21,23H,10-13,17,20H2,1-9H3,(H,35,36)(H2,33,34,37). The first kappa shape index (κ1) is 32.8. The van der Waals surface area contributed by atoms with Crippen molar-refractivity contribution < 1.29 is 23.8 Å². The lowest BCUT2D eigenvalue weighted by Crippen LogP contribution is -2.39. The van der Waals surface area contributed by atoms with Crippen molar-refractivity contribution in [2.45, 2.75) is 97.6 Å². The lowest BCUT2D eigenvalue weighted by atomic mass is 9.84. The maximum Gasteiger partial charge on any atom is 0.315 e. The van der Waals surface area contributed by atoms with Crippen LogP contribution < -0.4 is 30.2 Å². The first-order valence-corrected chi connectivity index (χ1v) is 14.2. The Kier molecular flexibility index (Phi) is 12.6. The van der Waals surface area contributed by atoms with Crippen LogP contribution in [0.3, 0.4) is 0 Å². The van der Waals surface area contributed by atoms with E-state index in [4.69, 9.17) is 14.2 Å². The molecule has 0 fully saturated rings. The van der Waals surface area contributed by atoms with E-state index in [9.17, 15) is 9.59 Å². The third-order valence-corrected chi connectivity index (χ3v) is 6.80. The Balaban J connectivity index is 2.35. The zero-order valence-corrected chi connectivity index (χ0v) is 25.8. The Hall–Kier alpha value is -3.42. The summed E-state index contributed by atoms with van der Waals surface area (Å²) in [5.41, 5.74) is 3.44. The number of carbonyl (C=O) groups is 2. The number of benzene rings is 2. The third kappa shape index (κ3) is 9.65. The normalized spacial score (nSPS) is 12.1. The van der Waals surface area contributed by atoms with Crippen molar-refractivity contribution >= 4 is 17.6 Å². The molecule has 0 heterocycles. The Labute approximate surface area is 240 Å². The Morgan fingerprint density at radius 3 is 2.12 bits per heavy atom. The van der Waals surface area contributed by atoms with Crippen LogP contribution in [0, 0.1) is 0 Å². The number of ether oxygens (including phenoxy) is 3. The first-order valence-electron chi connectivity index (χ1n) is 14.2. The molecular weight excluding hydrogens is 506 g/mol. The summed E-state index contributed by atoms with van der Waals surface area (Å²) in [5.74, 6) is 1.73. The molecule has 3 amide bonds. The highest BCUT2D eigenvalue weighted by Crippen LogP contribution is 2.41. The fourth-order valence-corrected chi connectivity index (χ4v) is 4.76. The molecule has 0 saturated carbocycles. The van der Waals surface area contributed by atoms with Gasteiger partial charge in [-0.2, -0.15) is 0 Å². The van der Waals surface area contributed by atoms with E-state index in [1.54, 1.807) is 21.3 Å². The quantitative estimate of drug-likeness (QED) is 0.220. The van der Waals surface area contributed by atoms with Gasteiger partial charge in [0, 0.05) is 36.3 Å². The molecule has 0 bridgehead atoms. The van der Waals surface area contributed by atoms with Crippen molar-refractivity contribution in [3.05, 3.63) is 47.0 Å². The summed E-state index contributed by atoms with van der Waals surface area (Å²) >= 11 is 0. The molecule has 222 valence electrons.